The molecule has 0 amide bonds. The lowest BCUT2D eigenvalue weighted by atomic mass is 9.75. The highest BCUT2D eigenvalue weighted by atomic mass is 15.1. The van der Waals surface area contributed by atoms with Crippen LogP contribution in [0, 0.1) is 5.92 Å². The van der Waals surface area contributed by atoms with Crippen LogP contribution < -0.4 is 5.32 Å². The second-order valence-corrected chi connectivity index (χ2v) is 5.14. The van der Waals surface area contributed by atoms with Crippen molar-refractivity contribution in [1.82, 2.24) is 10.2 Å². The Morgan fingerprint density at radius 2 is 2.29 bits per heavy atom. The van der Waals surface area contributed by atoms with E-state index in [0.29, 0.717) is 5.54 Å². The molecule has 0 saturated carbocycles. The largest absolute Gasteiger partial charge is 0.311 e. The molecule has 2 aliphatic rings. The molecular weight excluding hydrogens is 172 g/mol. The van der Waals surface area contributed by atoms with Crippen LogP contribution in [0.3, 0.4) is 0 Å². The van der Waals surface area contributed by atoms with Gasteiger partial charge in [-0.25, -0.2) is 0 Å². The fraction of sp³-hybridized carbons (Fsp3) is 1.00. The summed E-state index contributed by atoms with van der Waals surface area (Å²) in [5, 5.41) is 3.82. The van der Waals surface area contributed by atoms with Gasteiger partial charge < -0.3 is 10.2 Å². The fourth-order valence-corrected chi connectivity index (χ4v) is 3.32. The molecule has 2 fully saturated rings. The second-order valence-electron chi connectivity index (χ2n) is 5.14. The first-order valence-electron chi connectivity index (χ1n) is 6.20. The van der Waals surface area contributed by atoms with Crippen LogP contribution in [0.5, 0.6) is 0 Å². The van der Waals surface area contributed by atoms with Crippen LogP contribution in [-0.2, 0) is 0 Å². The lowest BCUT2D eigenvalue weighted by Crippen LogP contribution is -2.54. The highest BCUT2D eigenvalue weighted by Crippen LogP contribution is 2.35. The van der Waals surface area contributed by atoms with Crippen molar-refractivity contribution in [2.45, 2.75) is 44.6 Å². The van der Waals surface area contributed by atoms with Crippen molar-refractivity contribution >= 4 is 0 Å². The molecule has 2 atom stereocenters. The highest BCUT2D eigenvalue weighted by Gasteiger charge is 2.40. The van der Waals surface area contributed by atoms with Gasteiger partial charge in [-0.05, 0) is 51.7 Å². The van der Waals surface area contributed by atoms with E-state index in [2.05, 4.69) is 24.2 Å². The zero-order valence-corrected chi connectivity index (χ0v) is 9.68. The maximum Gasteiger partial charge on any atom is 0.0219 e. The number of hydrogen-bond acceptors (Lipinski definition) is 2. The molecule has 2 aliphatic heterocycles. The summed E-state index contributed by atoms with van der Waals surface area (Å²) in [4.78, 5) is 2.48. The van der Waals surface area contributed by atoms with E-state index in [1.54, 1.807) is 0 Å². The molecule has 0 aromatic rings. The first-order chi connectivity index (χ1) is 6.77. The van der Waals surface area contributed by atoms with Gasteiger partial charge in [-0.15, -0.1) is 0 Å². The van der Waals surface area contributed by atoms with Crippen LogP contribution in [0.2, 0.25) is 0 Å². The minimum Gasteiger partial charge on any atom is -0.311 e. The van der Waals surface area contributed by atoms with Crippen LogP contribution in [0.1, 0.15) is 39.0 Å². The molecule has 0 aromatic carbocycles. The van der Waals surface area contributed by atoms with Crippen molar-refractivity contribution in [2.24, 2.45) is 5.92 Å². The fourth-order valence-electron chi connectivity index (χ4n) is 3.32. The molecule has 0 radical (unpaired) electrons. The first kappa shape index (κ1) is 10.4. The molecule has 2 heteroatoms. The molecule has 1 N–H and O–H groups in total. The molecular formula is C12H24N2. The molecule has 2 heterocycles. The normalized spacial score (nSPS) is 40.3. The molecule has 2 rings (SSSR count). The lowest BCUT2D eigenvalue weighted by Gasteiger charge is -2.42. The maximum absolute atomic E-state index is 3.82. The van der Waals surface area contributed by atoms with E-state index in [9.17, 15) is 0 Å². The van der Waals surface area contributed by atoms with Crippen LogP contribution in [0.4, 0.5) is 0 Å². The van der Waals surface area contributed by atoms with E-state index >= 15 is 0 Å². The Bertz CT molecular complexity index is 185. The Balaban J connectivity index is 2.03. The van der Waals surface area contributed by atoms with E-state index in [4.69, 9.17) is 0 Å². The van der Waals surface area contributed by atoms with Gasteiger partial charge in [0.2, 0.25) is 0 Å². The van der Waals surface area contributed by atoms with Crippen molar-refractivity contribution < 1.29 is 0 Å². The zero-order chi connectivity index (χ0) is 10.0. The Kier molecular flexibility index (Phi) is 3.13. The van der Waals surface area contributed by atoms with Gasteiger partial charge in [0.25, 0.3) is 0 Å². The van der Waals surface area contributed by atoms with Crippen molar-refractivity contribution in [2.75, 3.05) is 26.7 Å². The Morgan fingerprint density at radius 1 is 1.43 bits per heavy atom. The number of nitrogens with one attached hydrogen (secondary N) is 1. The number of hydrogen-bond donors (Lipinski definition) is 1. The predicted molar refractivity (Wildman–Crippen MR) is 60.5 cm³/mol. The lowest BCUT2D eigenvalue weighted by molar-refractivity contribution is 0.157. The second kappa shape index (κ2) is 4.19. The van der Waals surface area contributed by atoms with Gasteiger partial charge in [0.1, 0.15) is 0 Å². The molecule has 0 aromatic heterocycles. The highest BCUT2D eigenvalue weighted by molar-refractivity contribution is 4.98. The summed E-state index contributed by atoms with van der Waals surface area (Å²) >= 11 is 0. The summed E-state index contributed by atoms with van der Waals surface area (Å²) < 4.78 is 0. The Labute approximate surface area is 88.1 Å². The van der Waals surface area contributed by atoms with E-state index in [1.807, 2.05) is 0 Å². The molecule has 0 bridgehead atoms. The predicted octanol–water partition coefficient (Wildman–Crippen LogP) is 1.86. The molecule has 0 spiro atoms. The average Bonchev–Trinajstić information content (AvgIpc) is 2.66. The third-order valence-corrected chi connectivity index (χ3v) is 4.33. The van der Waals surface area contributed by atoms with Gasteiger partial charge in [-0.2, -0.15) is 0 Å². The molecule has 2 nitrogen and oxygen atoms in total. The van der Waals surface area contributed by atoms with Gasteiger partial charge in [0, 0.05) is 12.1 Å². The van der Waals surface area contributed by atoms with Gasteiger partial charge in [0.05, 0.1) is 0 Å². The third kappa shape index (κ3) is 1.82. The van der Waals surface area contributed by atoms with Gasteiger partial charge in [-0.1, -0.05) is 13.3 Å². The summed E-state index contributed by atoms with van der Waals surface area (Å²) in [5.41, 5.74) is 0.489. The minimum atomic E-state index is 0.489. The molecule has 2 saturated heterocycles. The number of likely N-dealkylation sites (tertiary alicyclic amines) is 1. The third-order valence-electron chi connectivity index (χ3n) is 4.33. The topological polar surface area (TPSA) is 15.3 Å². The molecule has 14 heavy (non-hydrogen) atoms. The molecule has 82 valence electrons. The van der Waals surface area contributed by atoms with Gasteiger partial charge >= 0.3 is 0 Å². The monoisotopic (exact) mass is 196 g/mol. The summed E-state index contributed by atoms with van der Waals surface area (Å²) in [7, 11) is 2.26. The smallest absolute Gasteiger partial charge is 0.0219 e. The number of rotatable bonds is 2. The van der Waals surface area contributed by atoms with E-state index in [-0.39, 0.29) is 0 Å². The molecule has 0 aliphatic carbocycles. The van der Waals surface area contributed by atoms with E-state index in [0.717, 1.165) is 5.92 Å². The maximum atomic E-state index is 3.82. The van der Waals surface area contributed by atoms with E-state index in [1.165, 1.54) is 51.7 Å². The van der Waals surface area contributed by atoms with Crippen molar-refractivity contribution in [1.29, 1.82) is 0 Å². The van der Waals surface area contributed by atoms with Gasteiger partial charge in [-0.3, -0.25) is 0 Å². The standard InChI is InChI=1S/C12H24N2/c1-3-12(7-4-5-8-13-12)11-6-9-14(2)10-11/h11,13H,3-10H2,1-2H3. The summed E-state index contributed by atoms with van der Waals surface area (Å²) in [6.07, 6.45) is 6.93. The van der Waals surface area contributed by atoms with Crippen LogP contribution in [-0.4, -0.2) is 37.1 Å². The minimum absolute atomic E-state index is 0.489. The zero-order valence-electron chi connectivity index (χ0n) is 9.68. The summed E-state index contributed by atoms with van der Waals surface area (Å²) in [5.74, 6) is 0.901. The number of piperidine rings is 1. The van der Waals surface area contributed by atoms with Gasteiger partial charge in [0.15, 0.2) is 0 Å². The number of nitrogens with zero attached hydrogens (tertiary/aromatic N) is 1. The SMILES string of the molecule is CCC1(C2CCN(C)C2)CCCCN1. The molecule has 2 unspecified atom stereocenters. The van der Waals surface area contributed by atoms with Crippen LogP contribution in [0.25, 0.3) is 0 Å². The van der Waals surface area contributed by atoms with Crippen LogP contribution >= 0.6 is 0 Å². The Hall–Kier alpha value is -0.0800. The van der Waals surface area contributed by atoms with E-state index < -0.39 is 0 Å². The van der Waals surface area contributed by atoms with Crippen molar-refractivity contribution in [3.05, 3.63) is 0 Å². The van der Waals surface area contributed by atoms with Crippen LogP contribution in [0.15, 0.2) is 0 Å². The quantitative estimate of drug-likeness (QED) is 0.725. The first-order valence-corrected chi connectivity index (χ1v) is 6.20. The Morgan fingerprint density at radius 3 is 2.79 bits per heavy atom. The van der Waals surface area contributed by atoms with Crippen molar-refractivity contribution in [3.8, 4) is 0 Å². The van der Waals surface area contributed by atoms with Crippen molar-refractivity contribution in [3.63, 3.8) is 0 Å². The summed E-state index contributed by atoms with van der Waals surface area (Å²) in [6, 6.07) is 0. The summed E-state index contributed by atoms with van der Waals surface area (Å²) in [6.45, 7) is 6.21. The average molecular weight is 196 g/mol.